The summed E-state index contributed by atoms with van der Waals surface area (Å²) >= 11 is 6.22. The van der Waals surface area contributed by atoms with E-state index < -0.39 is 13.0 Å². The highest BCUT2D eigenvalue weighted by Gasteiger charge is 2.15. The van der Waals surface area contributed by atoms with E-state index in [0.717, 1.165) is 12.1 Å². The number of anilines is 1. The van der Waals surface area contributed by atoms with Crippen molar-refractivity contribution in [2.75, 3.05) is 31.1 Å². The SMILES string of the molecule is CCNC(C)c1ccc(N(CCO)CC(F)F)cc1Cl. The third-order valence-electron chi connectivity index (χ3n) is 3.05. The van der Waals surface area contributed by atoms with Gasteiger partial charge in [-0.2, -0.15) is 0 Å². The Morgan fingerprint density at radius 3 is 2.60 bits per heavy atom. The summed E-state index contributed by atoms with van der Waals surface area (Å²) in [6, 6.07) is 5.36. The third-order valence-corrected chi connectivity index (χ3v) is 3.38. The standard InChI is InChI=1S/C14H21ClF2N2O/c1-3-18-10(2)12-5-4-11(8-13(12)15)19(6-7-20)9-14(16)17/h4-5,8,10,14,18,20H,3,6-7,9H2,1-2H3. The summed E-state index contributed by atoms with van der Waals surface area (Å²) in [5.74, 6) is 0. The predicted molar refractivity (Wildman–Crippen MR) is 78.8 cm³/mol. The number of aliphatic hydroxyl groups excluding tert-OH is 1. The molecule has 114 valence electrons. The van der Waals surface area contributed by atoms with Crippen molar-refractivity contribution in [1.29, 1.82) is 0 Å². The Balaban J connectivity index is 2.93. The van der Waals surface area contributed by atoms with Crippen molar-refractivity contribution in [3.63, 3.8) is 0 Å². The van der Waals surface area contributed by atoms with Gasteiger partial charge in [-0.25, -0.2) is 8.78 Å². The lowest BCUT2D eigenvalue weighted by Gasteiger charge is -2.25. The van der Waals surface area contributed by atoms with Gasteiger partial charge in [-0.1, -0.05) is 24.6 Å². The lowest BCUT2D eigenvalue weighted by molar-refractivity contribution is 0.153. The summed E-state index contributed by atoms with van der Waals surface area (Å²) < 4.78 is 25.1. The van der Waals surface area contributed by atoms with Gasteiger partial charge in [0.25, 0.3) is 6.43 Å². The largest absolute Gasteiger partial charge is 0.395 e. The molecular formula is C14H21ClF2N2O. The fraction of sp³-hybridized carbons (Fsp3) is 0.571. The van der Waals surface area contributed by atoms with Crippen molar-refractivity contribution in [1.82, 2.24) is 5.32 Å². The lowest BCUT2D eigenvalue weighted by Crippen LogP contribution is -2.31. The van der Waals surface area contributed by atoms with Crippen molar-refractivity contribution in [3.8, 4) is 0 Å². The van der Waals surface area contributed by atoms with E-state index in [9.17, 15) is 8.78 Å². The monoisotopic (exact) mass is 306 g/mol. The van der Waals surface area contributed by atoms with E-state index in [0.29, 0.717) is 10.7 Å². The maximum Gasteiger partial charge on any atom is 0.255 e. The summed E-state index contributed by atoms with van der Waals surface area (Å²) in [7, 11) is 0. The Hall–Kier alpha value is -0.910. The van der Waals surface area contributed by atoms with Crippen molar-refractivity contribution in [3.05, 3.63) is 28.8 Å². The molecule has 0 saturated carbocycles. The molecule has 20 heavy (non-hydrogen) atoms. The average Bonchev–Trinajstić information content (AvgIpc) is 2.37. The van der Waals surface area contributed by atoms with Crippen molar-refractivity contribution in [2.24, 2.45) is 0 Å². The van der Waals surface area contributed by atoms with E-state index in [1.807, 2.05) is 19.9 Å². The maximum atomic E-state index is 12.5. The molecule has 2 N–H and O–H groups in total. The van der Waals surface area contributed by atoms with Crippen LogP contribution in [0, 0.1) is 0 Å². The Morgan fingerprint density at radius 2 is 2.10 bits per heavy atom. The minimum absolute atomic E-state index is 0.0999. The van der Waals surface area contributed by atoms with Gasteiger partial charge in [-0.05, 0) is 31.2 Å². The number of aliphatic hydroxyl groups is 1. The summed E-state index contributed by atoms with van der Waals surface area (Å²) in [4.78, 5) is 1.43. The highest BCUT2D eigenvalue weighted by Crippen LogP contribution is 2.28. The van der Waals surface area contributed by atoms with Crippen LogP contribution in [0.4, 0.5) is 14.5 Å². The first-order chi connectivity index (χ1) is 9.49. The van der Waals surface area contributed by atoms with Gasteiger partial charge < -0.3 is 15.3 Å². The van der Waals surface area contributed by atoms with Crippen LogP contribution in [0.2, 0.25) is 5.02 Å². The molecule has 0 saturated heterocycles. The van der Waals surface area contributed by atoms with Crippen LogP contribution < -0.4 is 10.2 Å². The Morgan fingerprint density at radius 1 is 1.40 bits per heavy atom. The Kier molecular flexibility index (Phi) is 7.19. The predicted octanol–water partition coefficient (Wildman–Crippen LogP) is 3.07. The van der Waals surface area contributed by atoms with Crippen LogP contribution in [-0.4, -0.2) is 37.8 Å². The second-order valence-electron chi connectivity index (χ2n) is 4.55. The van der Waals surface area contributed by atoms with E-state index in [1.165, 1.54) is 4.90 Å². The van der Waals surface area contributed by atoms with Crippen LogP contribution in [0.1, 0.15) is 25.5 Å². The molecule has 0 amide bonds. The van der Waals surface area contributed by atoms with Gasteiger partial charge in [0.05, 0.1) is 13.2 Å². The molecule has 0 aromatic heterocycles. The summed E-state index contributed by atoms with van der Waals surface area (Å²) in [5, 5.41) is 12.7. The Labute approximate surface area is 123 Å². The fourth-order valence-electron chi connectivity index (χ4n) is 2.09. The maximum absolute atomic E-state index is 12.5. The van der Waals surface area contributed by atoms with Crippen LogP contribution in [0.25, 0.3) is 0 Å². The molecule has 0 heterocycles. The molecule has 1 aromatic rings. The number of nitrogens with zero attached hydrogens (tertiary/aromatic N) is 1. The van der Waals surface area contributed by atoms with E-state index in [4.69, 9.17) is 16.7 Å². The summed E-state index contributed by atoms with van der Waals surface area (Å²) in [5.41, 5.74) is 1.52. The second kappa shape index (κ2) is 8.39. The van der Waals surface area contributed by atoms with Gasteiger partial charge in [0.2, 0.25) is 0 Å². The molecule has 3 nitrogen and oxygen atoms in total. The van der Waals surface area contributed by atoms with E-state index in [1.54, 1.807) is 12.1 Å². The van der Waals surface area contributed by atoms with Gasteiger partial charge in [0.15, 0.2) is 0 Å². The molecule has 0 aliphatic carbocycles. The number of hydrogen-bond donors (Lipinski definition) is 2. The first kappa shape index (κ1) is 17.1. The van der Waals surface area contributed by atoms with Gasteiger partial charge in [0.1, 0.15) is 0 Å². The summed E-state index contributed by atoms with van der Waals surface area (Å²) in [6.45, 7) is 4.38. The number of halogens is 3. The molecular weight excluding hydrogens is 286 g/mol. The topological polar surface area (TPSA) is 35.5 Å². The first-order valence-electron chi connectivity index (χ1n) is 6.66. The van der Waals surface area contributed by atoms with Crippen LogP contribution in [0.15, 0.2) is 18.2 Å². The molecule has 6 heteroatoms. The fourth-order valence-corrected chi connectivity index (χ4v) is 2.43. The molecule has 1 unspecified atom stereocenters. The lowest BCUT2D eigenvalue weighted by atomic mass is 10.1. The molecule has 1 atom stereocenters. The van der Waals surface area contributed by atoms with E-state index >= 15 is 0 Å². The third kappa shape index (κ3) is 4.89. The van der Waals surface area contributed by atoms with Crippen molar-refractivity contribution < 1.29 is 13.9 Å². The number of benzene rings is 1. The molecule has 0 radical (unpaired) electrons. The second-order valence-corrected chi connectivity index (χ2v) is 4.95. The van der Waals surface area contributed by atoms with E-state index in [-0.39, 0.29) is 19.2 Å². The summed E-state index contributed by atoms with van der Waals surface area (Å²) in [6.07, 6.45) is -2.46. The highest BCUT2D eigenvalue weighted by atomic mass is 35.5. The van der Waals surface area contributed by atoms with Gasteiger partial charge in [0, 0.05) is 23.3 Å². The molecule has 0 bridgehead atoms. The van der Waals surface area contributed by atoms with Crippen molar-refractivity contribution >= 4 is 17.3 Å². The molecule has 0 aliphatic rings. The van der Waals surface area contributed by atoms with Gasteiger partial charge in [-0.3, -0.25) is 0 Å². The van der Waals surface area contributed by atoms with Gasteiger partial charge >= 0.3 is 0 Å². The van der Waals surface area contributed by atoms with Crippen LogP contribution in [0.5, 0.6) is 0 Å². The van der Waals surface area contributed by atoms with Crippen LogP contribution in [-0.2, 0) is 0 Å². The highest BCUT2D eigenvalue weighted by molar-refractivity contribution is 6.31. The molecule has 0 spiro atoms. The number of alkyl halides is 2. The van der Waals surface area contributed by atoms with Crippen molar-refractivity contribution in [2.45, 2.75) is 26.3 Å². The molecule has 0 fully saturated rings. The number of hydrogen-bond acceptors (Lipinski definition) is 3. The van der Waals surface area contributed by atoms with Crippen LogP contribution in [0.3, 0.4) is 0 Å². The van der Waals surface area contributed by atoms with Gasteiger partial charge in [-0.15, -0.1) is 0 Å². The molecule has 1 aromatic carbocycles. The zero-order chi connectivity index (χ0) is 15.1. The minimum Gasteiger partial charge on any atom is -0.395 e. The zero-order valence-electron chi connectivity index (χ0n) is 11.7. The zero-order valence-corrected chi connectivity index (χ0v) is 12.5. The normalized spacial score (nSPS) is 12.8. The number of rotatable bonds is 8. The first-order valence-corrected chi connectivity index (χ1v) is 7.04. The average molecular weight is 307 g/mol. The Bertz CT molecular complexity index is 418. The van der Waals surface area contributed by atoms with E-state index in [2.05, 4.69) is 5.32 Å². The minimum atomic E-state index is -2.46. The smallest absolute Gasteiger partial charge is 0.255 e. The van der Waals surface area contributed by atoms with Crippen LogP contribution >= 0.6 is 11.6 Å². The molecule has 0 aliphatic heterocycles. The quantitative estimate of drug-likeness (QED) is 0.775. The molecule has 1 rings (SSSR count). The number of nitrogens with one attached hydrogen (secondary N) is 1.